The molecule has 1 aromatic rings. The zero-order valence-electron chi connectivity index (χ0n) is 17.4. The molecule has 5 nitrogen and oxygen atoms in total. The standard InChI is InChI=1S/C23H33ClN2O3/c1-28-20-7-4-12-26(16-20)23(27)21-15-17(24)8-9-22(21)29-19-10-13-25(14-11-19)18-5-2-3-6-18/h8-9,15,18-20H,2-7,10-14,16H2,1H3. The van der Waals surface area contributed by atoms with Crippen molar-refractivity contribution in [1.29, 1.82) is 0 Å². The molecule has 0 spiro atoms. The lowest BCUT2D eigenvalue weighted by Crippen LogP contribution is -2.44. The molecular formula is C23H33ClN2O3. The number of piperidine rings is 2. The number of amides is 1. The fraction of sp³-hybridized carbons (Fsp3) is 0.696. The van der Waals surface area contributed by atoms with Gasteiger partial charge in [-0.3, -0.25) is 4.79 Å². The van der Waals surface area contributed by atoms with E-state index in [1.807, 2.05) is 17.0 Å². The lowest BCUT2D eigenvalue weighted by atomic mass is 10.0. The molecule has 3 fully saturated rings. The fourth-order valence-corrected chi connectivity index (χ4v) is 5.24. The molecule has 0 N–H and O–H groups in total. The number of hydrogen-bond donors (Lipinski definition) is 0. The van der Waals surface area contributed by atoms with Crippen LogP contribution in [-0.2, 0) is 4.74 Å². The second-order valence-corrected chi connectivity index (χ2v) is 9.12. The van der Waals surface area contributed by atoms with Crippen LogP contribution in [0.25, 0.3) is 0 Å². The van der Waals surface area contributed by atoms with Crippen LogP contribution < -0.4 is 4.74 Å². The molecule has 1 aromatic carbocycles. The molecule has 160 valence electrons. The van der Waals surface area contributed by atoms with E-state index in [9.17, 15) is 4.79 Å². The van der Waals surface area contributed by atoms with Crippen molar-refractivity contribution in [2.24, 2.45) is 0 Å². The lowest BCUT2D eigenvalue weighted by molar-refractivity contribution is 0.0263. The van der Waals surface area contributed by atoms with E-state index in [0.29, 0.717) is 22.9 Å². The van der Waals surface area contributed by atoms with E-state index in [4.69, 9.17) is 21.1 Å². The van der Waals surface area contributed by atoms with E-state index in [1.165, 1.54) is 25.7 Å². The maximum atomic E-state index is 13.2. The molecule has 0 bridgehead atoms. The molecule has 29 heavy (non-hydrogen) atoms. The van der Waals surface area contributed by atoms with Crippen molar-refractivity contribution < 1.29 is 14.3 Å². The van der Waals surface area contributed by atoms with Gasteiger partial charge >= 0.3 is 0 Å². The Bertz CT molecular complexity index is 699. The Labute approximate surface area is 179 Å². The highest BCUT2D eigenvalue weighted by atomic mass is 35.5. The summed E-state index contributed by atoms with van der Waals surface area (Å²) in [6.45, 7) is 3.56. The molecule has 4 rings (SSSR count). The minimum absolute atomic E-state index is 0.00681. The van der Waals surface area contributed by atoms with Crippen LogP contribution in [0.4, 0.5) is 0 Å². The number of halogens is 1. The molecule has 1 aliphatic carbocycles. The highest BCUT2D eigenvalue weighted by Gasteiger charge is 2.30. The summed E-state index contributed by atoms with van der Waals surface area (Å²) in [5, 5.41) is 0.567. The van der Waals surface area contributed by atoms with Crippen LogP contribution >= 0.6 is 11.6 Å². The largest absolute Gasteiger partial charge is 0.489 e. The van der Waals surface area contributed by atoms with Crippen LogP contribution in [0, 0.1) is 0 Å². The Hall–Kier alpha value is -1.30. The second kappa shape index (κ2) is 9.67. The van der Waals surface area contributed by atoms with Gasteiger partial charge in [-0.2, -0.15) is 0 Å². The van der Waals surface area contributed by atoms with Crippen LogP contribution in [0.3, 0.4) is 0 Å². The van der Waals surface area contributed by atoms with Crippen LogP contribution in [0.1, 0.15) is 61.7 Å². The molecule has 2 saturated heterocycles. The summed E-state index contributed by atoms with van der Waals surface area (Å²) >= 11 is 6.23. The van der Waals surface area contributed by atoms with E-state index >= 15 is 0 Å². The average Bonchev–Trinajstić information content (AvgIpc) is 3.30. The van der Waals surface area contributed by atoms with Crippen LogP contribution in [0.15, 0.2) is 18.2 Å². The van der Waals surface area contributed by atoms with Crippen molar-refractivity contribution in [2.75, 3.05) is 33.3 Å². The van der Waals surface area contributed by atoms with E-state index in [-0.39, 0.29) is 18.1 Å². The van der Waals surface area contributed by atoms with Gasteiger partial charge < -0.3 is 19.3 Å². The summed E-state index contributed by atoms with van der Waals surface area (Å²) in [5.41, 5.74) is 0.576. The van der Waals surface area contributed by atoms with E-state index in [0.717, 1.165) is 51.4 Å². The molecule has 1 saturated carbocycles. The van der Waals surface area contributed by atoms with Gasteiger partial charge in [-0.25, -0.2) is 0 Å². The highest BCUT2D eigenvalue weighted by Crippen LogP contribution is 2.30. The molecular weight excluding hydrogens is 388 g/mol. The monoisotopic (exact) mass is 420 g/mol. The van der Waals surface area contributed by atoms with Gasteiger partial charge in [0, 0.05) is 44.4 Å². The summed E-state index contributed by atoms with van der Waals surface area (Å²) in [4.78, 5) is 17.7. The van der Waals surface area contributed by atoms with Gasteiger partial charge in [0.25, 0.3) is 5.91 Å². The molecule has 1 unspecified atom stereocenters. The molecule has 2 aliphatic heterocycles. The van der Waals surface area contributed by atoms with E-state index in [1.54, 1.807) is 13.2 Å². The number of benzene rings is 1. The van der Waals surface area contributed by atoms with Crippen molar-refractivity contribution in [2.45, 2.75) is 69.6 Å². The summed E-state index contributed by atoms with van der Waals surface area (Å²) in [7, 11) is 1.71. The van der Waals surface area contributed by atoms with E-state index < -0.39 is 0 Å². The summed E-state index contributed by atoms with van der Waals surface area (Å²) in [6.07, 6.45) is 9.70. The second-order valence-electron chi connectivity index (χ2n) is 8.68. The van der Waals surface area contributed by atoms with Crippen molar-refractivity contribution in [1.82, 2.24) is 9.80 Å². The topological polar surface area (TPSA) is 42.0 Å². The van der Waals surface area contributed by atoms with Gasteiger partial charge in [-0.05, 0) is 56.7 Å². The maximum absolute atomic E-state index is 13.2. The summed E-state index contributed by atoms with van der Waals surface area (Å²) in [6, 6.07) is 6.20. The smallest absolute Gasteiger partial charge is 0.257 e. The quantitative estimate of drug-likeness (QED) is 0.709. The normalized spacial score (nSPS) is 24.8. The number of hydrogen-bond acceptors (Lipinski definition) is 4. The van der Waals surface area contributed by atoms with Crippen molar-refractivity contribution in [3.05, 3.63) is 28.8 Å². The number of carbonyl (C=O) groups excluding carboxylic acids is 1. The van der Waals surface area contributed by atoms with Crippen molar-refractivity contribution >= 4 is 17.5 Å². The van der Waals surface area contributed by atoms with Gasteiger partial charge in [0.15, 0.2) is 0 Å². The number of likely N-dealkylation sites (tertiary alicyclic amines) is 2. The summed E-state index contributed by atoms with van der Waals surface area (Å²) in [5.74, 6) is 0.658. The molecule has 1 amide bonds. The number of rotatable bonds is 5. The number of methoxy groups -OCH3 is 1. The Morgan fingerprint density at radius 3 is 2.48 bits per heavy atom. The SMILES string of the molecule is COC1CCCN(C(=O)c2cc(Cl)ccc2OC2CCN(C3CCCC3)CC2)C1. The first-order valence-corrected chi connectivity index (χ1v) is 11.5. The lowest BCUT2D eigenvalue weighted by Gasteiger charge is -2.36. The number of ether oxygens (including phenoxy) is 2. The third-order valence-corrected chi connectivity index (χ3v) is 7.02. The minimum atomic E-state index is -0.00681. The van der Waals surface area contributed by atoms with Gasteiger partial charge in [0.05, 0.1) is 11.7 Å². The maximum Gasteiger partial charge on any atom is 0.257 e. The fourth-order valence-electron chi connectivity index (χ4n) is 5.07. The Kier molecular flexibility index (Phi) is 6.99. The van der Waals surface area contributed by atoms with E-state index in [2.05, 4.69) is 4.90 Å². The average molecular weight is 421 g/mol. The Balaban J connectivity index is 1.41. The van der Waals surface area contributed by atoms with Gasteiger partial charge in [0.2, 0.25) is 0 Å². The van der Waals surface area contributed by atoms with Gasteiger partial charge in [0.1, 0.15) is 11.9 Å². The molecule has 3 aliphatic rings. The van der Waals surface area contributed by atoms with Gasteiger partial charge in [-0.1, -0.05) is 24.4 Å². The Morgan fingerprint density at radius 1 is 1.00 bits per heavy atom. The van der Waals surface area contributed by atoms with Crippen molar-refractivity contribution in [3.63, 3.8) is 0 Å². The highest BCUT2D eigenvalue weighted by molar-refractivity contribution is 6.31. The molecule has 2 heterocycles. The molecule has 0 aromatic heterocycles. The molecule has 6 heteroatoms. The van der Waals surface area contributed by atoms with Crippen LogP contribution in [0.2, 0.25) is 5.02 Å². The third kappa shape index (κ3) is 5.07. The zero-order chi connectivity index (χ0) is 20.2. The predicted octanol–water partition coefficient (Wildman–Crippen LogP) is 4.38. The van der Waals surface area contributed by atoms with Crippen molar-refractivity contribution in [3.8, 4) is 5.75 Å². The minimum Gasteiger partial charge on any atom is -0.489 e. The predicted molar refractivity (Wildman–Crippen MR) is 115 cm³/mol. The number of nitrogens with zero attached hydrogens (tertiary/aromatic N) is 2. The van der Waals surface area contributed by atoms with Crippen LogP contribution in [-0.4, -0.2) is 67.2 Å². The molecule has 1 atom stereocenters. The Morgan fingerprint density at radius 2 is 1.76 bits per heavy atom. The third-order valence-electron chi connectivity index (χ3n) is 6.78. The van der Waals surface area contributed by atoms with Gasteiger partial charge in [-0.15, -0.1) is 0 Å². The summed E-state index contributed by atoms with van der Waals surface area (Å²) < 4.78 is 11.8. The number of carbonyl (C=O) groups is 1. The first kappa shape index (κ1) is 21.0. The zero-order valence-corrected chi connectivity index (χ0v) is 18.2. The first-order chi connectivity index (χ1) is 14.1. The first-order valence-electron chi connectivity index (χ1n) is 11.2. The van der Waals surface area contributed by atoms with Crippen LogP contribution in [0.5, 0.6) is 5.75 Å². The molecule has 0 radical (unpaired) electrons.